The van der Waals surface area contributed by atoms with E-state index in [4.69, 9.17) is 11.6 Å². The first-order valence-electron chi connectivity index (χ1n) is 4.64. The first kappa shape index (κ1) is 11.0. The van der Waals surface area contributed by atoms with Crippen molar-refractivity contribution in [3.63, 3.8) is 0 Å². The molecule has 1 atom stereocenters. The van der Waals surface area contributed by atoms with Gasteiger partial charge < -0.3 is 5.32 Å². The van der Waals surface area contributed by atoms with E-state index in [1.807, 2.05) is 6.92 Å². The van der Waals surface area contributed by atoms with Crippen LogP contribution in [0.1, 0.15) is 26.7 Å². The molecule has 5 heteroatoms. The van der Waals surface area contributed by atoms with Crippen LogP contribution in [0, 0.1) is 0 Å². The highest BCUT2D eigenvalue weighted by Crippen LogP contribution is 2.16. The number of aromatic amines is 1. The molecule has 0 fully saturated rings. The summed E-state index contributed by atoms with van der Waals surface area (Å²) in [6.45, 7) is 4.15. The first-order valence-corrected chi connectivity index (χ1v) is 5.02. The van der Waals surface area contributed by atoms with Crippen LogP contribution >= 0.6 is 11.6 Å². The lowest BCUT2D eigenvalue weighted by atomic mass is 10.2. The molecule has 0 radical (unpaired) electrons. The predicted octanol–water partition coefficient (Wildman–Crippen LogP) is 2.02. The van der Waals surface area contributed by atoms with Crippen molar-refractivity contribution in [1.29, 1.82) is 0 Å². The Balaban J connectivity index is 2.76. The predicted molar refractivity (Wildman–Crippen MR) is 57.9 cm³/mol. The fourth-order valence-corrected chi connectivity index (χ4v) is 1.40. The molecule has 0 aromatic carbocycles. The van der Waals surface area contributed by atoms with E-state index in [9.17, 15) is 4.79 Å². The minimum Gasteiger partial charge on any atom is -0.380 e. The fourth-order valence-electron chi connectivity index (χ4n) is 1.25. The Hall–Kier alpha value is -1.03. The van der Waals surface area contributed by atoms with Crippen molar-refractivity contribution in [2.75, 3.05) is 5.32 Å². The van der Waals surface area contributed by atoms with E-state index in [1.165, 1.54) is 6.20 Å². The summed E-state index contributed by atoms with van der Waals surface area (Å²) in [5, 5.41) is 9.25. The number of hydrogen-bond acceptors (Lipinski definition) is 3. The smallest absolute Gasteiger partial charge is 0.285 e. The molecule has 1 rings (SSSR count). The Morgan fingerprint density at radius 3 is 3.07 bits per heavy atom. The van der Waals surface area contributed by atoms with Gasteiger partial charge in [-0.2, -0.15) is 5.10 Å². The average molecular weight is 216 g/mol. The molecule has 4 nitrogen and oxygen atoms in total. The van der Waals surface area contributed by atoms with Gasteiger partial charge >= 0.3 is 0 Å². The molecule has 1 unspecified atom stereocenters. The molecular weight excluding hydrogens is 202 g/mol. The molecule has 0 aliphatic heterocycles. The van der Waals surface area contributed by atoms with Gasteiger partial charge in [0.1, 0.15) is 5.02 Å². The lowest BCUT2D eigenvalue weighted by Gasteiger charge is -2.14. The van der Waals surface area contributed by atoms with Gasteiger partial charge in [-0.3, -0.25) is 4.79 Å². The van der Waals surface area contributed by atoms with E-state index in [1.54, 1.807) is 0 Å². The normalized spacial score (nSPS) is 12.5. The molecule has 0 spiro atoms. The number of anilines is 1. The van der Waals surface area contributed by atoms with Gasteiger partial charge in [-0.15, -0.1) is 0 Å². The molecule has 14 heavy (non-hydrogen) atoms. The van der Waals surface area contributed by atoms with E-state index >= 15 is 0 Å². The number of halogens is 1. The summed E-state index contributed by atoms with van der Waals surface area (Å²) >= 11 is 5.79. The zero-order valence-corrected chi connectivity index (χ0v) is 9.06. The Kier molecular flexibility index (Phi) is 3.95. The van der Waals surface area contributed by atoms with Crippen molar-refractivity contribution >= 4 is 17.3 Å². The van der Waals surface area contributed by atoms with Crippen LogP contribution in [0.4, 0.5) is 5.69 Å². The van der Waals surface area contributed by atoms with Crippen LogP contribution in [0.3, 0.4) is 0 Å². The number of hydrogen-bond donors (Lipinski definition) is 2. The lowest BCUT2D eigenvalue weighted by molar-refractivity contribution is 0.689. The van der Waals surface area contributed by atoms with E-state index in [-0.39, 0.29) is 10.6 Å². The monoisotopic (exact) mass is 215 g/mol. The highest BCUT2D eigenvalue weighted by atomic mass is 35.5. The van der Waals surface area contributed by atoms with Crippen LogP contribution in [-0.4, -0.2) is 16.2 Å². The van der Waals surface area contributed by atoms with Gasteiger partial charge in [0.15, 0.2) is 0 Å². The number of nitrogens with one attached hydrogen (secondary N) is 2. The van der Waals surface area contributed by atoms with Gasteiger partial charge in [0.25, 0.3) is 5.56 Å². The van der Waals surface area contributed by atoms with Crippen molar-refractivity contribution in [3.05, 3.63) is 21.6 Å². The Labute approximate surface area is 87.7 Å². The lowest BCUT2D eigenvalue weighted by Crippen LogP contribution is -2.18. The van der Waals surface area contributed by atoms with E-state index in [2.05, 4.69) is 22.4 Å². The zero-order chi connectivity index (χ0) is 10.6. The maximum absolute atomic E-state index is 11.1. The first-order chi connectivity index (χ1) is 6.65. The third-order valence-electron chi connectivity index (χ3n) is 1.92. The molecule has 0 aliphatic rings. The second kappa shape index (κ2) is 5.00. The minimum absolute atomic E-state index is 0.169. The number of H-pyrrole nitrogens is 1. The number of nitrogens with zero attached hydrogens (tertiary/aromatic N) is 1. The molecule has 0 saturated carbocycles. The van der Waals surface area contributed by atoms with Gasteiger partial charge in [0.2, 0.25) is 0 Å². The van der Waals surface area contributed by atoms with Crippen molar-refractivity contribution in [3.8, 4) is 0 Å². The molecule has 1 aromatic rings. The summed E-state index contributed by atoms with van der Waals surface area (Å²) in [6.07, 6.45) is 3.64. The molecule has 0 aliphatic carbocycles. The molecule has 2 N–H and O–H groups in total. The van der Waals surface area contributed by atoms with Crippen LogP contribution in [0.5, 0.6) is 0 Å². The van der Waals surface area contributed by atoms with Crippen molar-refractivity contribution in [2.45, 2.75) is 32.7 Å². The minimum atomic E-state index is -0.361. The highest BCUT2D eigenvalue weighted by molar-refractivity contribution is 6.32. The molecule has 78 valence electrons. The van der Waals surface area contributed by atoms with Crippen LogP contribution in [0.25, 0.3) is 0 Å². The maximum Gasteiger partial charge on any atom is 0.285 e. The Bertz CT molecular complexity index is 350. The molecule has 1 heterocycles. The van der Waals surface area contributed by atoms with Gasteiger partial charge in [-0.05, 0) is 13.3 Å². The maximum atomic E-state index is 11.1. The second-order valence-corrected chi connectivity index (χ2v) is 3.64. The quantitative estimate of drug-likeness (QED) is 0.808. The zero-order valence-electron chi connectivity index (χ0n) is 8.30. The van der Waals surface area contributed by atoms with E-state index in [0.717, 1.165) is 12.8 Å². The standard InChI is InChI=1S/C9H14ClN3O/c1-3-4-6(2)12-7-5-11-13-9(14)8(7)10/h5-6H,3-4H2,1-2H3,(H2,12,13,14). The van der Waals surface area contributed by atoms with Crippen LogP contribution in [0.15, 0.2) is 11.0 Å². The fraction of sp³-hybridized carbons (Fsp3) is 0.556. The van der Waals surface area contributed by atoms with Crippen LogP contribution in [0.2, 0.25) is 5.02 Å². The third-order valence-corrected chi connectivity index (χ3v) is 2.29. The number of aromatic nitrogens is 2. The summed E-state index contributed by atoms with van der Waals surface area (Å²) < 4.78 is 0. The van der Waals surface area contributed by atoms with Gasteiger partial charge in [0.05, 0.1) is 11.9 Å². The topological polar surface area (TPSA) is 57.8 Å². The molecule has 0 bridgehead atoms. The van der Waals surface area contributed by atoms with Crippen molar-refractivity contribution < 1.29 is 0 Å². The SMILES string of the molecule is CCCC(C)Nc1cn[nH]c(=O)c1Cl. The summed E-state index contributed by atoms with van der Waals surface area (Å²) in [4.78, 5) is 11.1. The van der Waals surface area contributed by atoms with Crippen LogP contribution < -0.4 is 10.9 Å². The third kappa shape index (κ3) is 2.73. The van der Waals surface area contributed by atoms with Gasteiger partial charge in [0, 0.05) is 6.04 Å². The Morgan fingerprint density at radius 2 is 2.43 bits per heavy atom. The van der Waals surface area contributed by atoms with Gasteiger partial charge in [-0.1, -0.05) is 24.9 Å². The second-order valence-electron chi connectivity index (χ2n) is 3.26. The molecule has 0 amide bonds. The van der Waals surface area contributed by atoms with E-state index in [0.29, 0.717) is 11.7 Å². The summed E-state index contributed by atoms with van der Waals surface area (Å²) in [6, 6.07) is 0.293. The molecule has 1 aromatic heterocycles. The van der Waals surface area contributed by atoms with Crippen molar-refractivity contribution in [1.82, 2.24) is 10.2 Å². The highest BCUT2D eigenvalue weighted by Gasteiger charge is 2.07. The summed E-state index contributed by atoms with van der Waals surface area (Å²) in [5.74, 6) is 0. The van der Waals surface area contributed by atoms with Crippen LogP contribution in [-0.2, 0) is 0 Å². The average Bonchev–Trinajstić information content (AvgIpc) is 2.13. The largest absolute Gasteiger partial charge is 0.380 e. The molecular formula is C9H14ClN3O. The van der Waals surface area contributed by atoms with Gasteiger partial charge in [-0.25, -0.2) is 5.10 Å². The Morgan fingerprint density at radius 1 is 1.71 bits per heavy atom. The molecule has 0 saturated heterocycles. The van der Waals surface area contributed by atoms with E-state index < -0.39 is 0 Å². The summed E-state index contributed by atoms with van der Waals surface area (Å²) in [5.41, 5.74) is 0.233. The summed E-state index contributed by atoms with van der Waals surface area (Å²) in [7, 11) is 0. The van der Waals surface area contributed by atoms with Crippen molar-refractivity contribution in [2.24, 2.45) is 0 Å². The number of rotatable bonds is 4.